The Kier molecular flexibility index (Phi) is 6.25. The number of anilines is 2. The Morgan fingerprint density at radius 2 is 1.80 bits per heavy atom. The first-order valence-corrected chi connectivity index (χ1v) is 7.86. The molecule has 0 unspecified atom stereocenters. The standard InChI is InChI=1S/C18H19ClN2O4/c1-21(2)14-7-4-12(5-8-14)18(23)25-11-17(22)20-15-10-13(19)6-9-16(15)24-3/h4-10H,11H2,1-3H3,(H,20,22). The first-order chi connectivity index (χ1) is 11.9. The molecule has 25 heavy (non-hydrogen) atoms. The van der Waals surface area contributed by atoms with Crippen molar-refractivity contribution in [1.29, 1.82) is 0 Å². The number of amides is 1. The SMILES string of the molecule is COc1ccc(Cl)cc1NC(=O)COC(=O)c1ccc(N(C)C)cc1. The lowest BCUT2D eigenvalue weighted by atomic mass is 10.2. The number of carbonyl (C=O) groups is 2. The van der Waals surface area contributed by atoms with Crippen LogP contribution >= 0.6 is 11.6 Å². The molecule has 0 aliphatic carbocycles. The molecule has 2 rings (SSSR count). The molecular weight excluding hydrogens is 344 g/mol. The van der Waals surface area contributed by atoms with Crippen LogP contribution in [0.4, 0.5) is 11.4 Å². The minimum Gasteiger partial charge on any atom is -0.495 e. The molecule has 7 heteroatoms. The van der Waals surface area contributed by atoms with Gasteiger partial charge in [-0.3, -0.25) is 4.79 Å². The smallest absolute Gasteiger partial charge is 0.338 e. The van der Waals surface area contributed by atoms with Crippen LogP contribution in [-0.4, -0.2) is 39.7 Å². The van der Waals surface area contributed by atoms with E-state index < -0.39 is 18.5 Å². The third-order valence-corrected chi connectivity index (χ3v) is 3.62. The van der Waals surface area contributed by atoms with Crippen LogP contribution in [0.3, 0.4) is 0 Å². The average Bonchev–Trinajstić information content (AvgIpc) is 2.60. The molecule has 2 aromatic carbocycles. The molecule has 0 fully saturated rings. The van der Waals surface area contributed by atoms with Crippen molar-refractivity contribution in [3.8, 4) is 5.75 Å². The van der Waals surface area contributed by atoms with Gasteiger partial charge in [0.1, 0.15) is 5.75 Å². The van der Waals surface area contributed by atoms with E-state index in [0.29, 0.717) is 22.0 Å². The van der Waals surface area contributed by atoms with Crippen molar-refractivity contribution in [3.05, 3.63) is 53.1 Å². The lowest BCUT2D eigenvalue weighted by molar-refractivity contribution is -0.119. The van der Waals surface area contributed by atoms with Gasteiger partial charge < -0.3 is 19.7 Å². The largest absolute Gasteiger partial charge is 0.495 e. The number of hydrogen-bond donors (Lipinski definition) is 1. The lowest BCUT2D eigenvalue weighted by Crippen LogP contribution is -2.21. The van der Waals surface area contributed by atoms with E-state index in [2.05, 4.69) is 5.32 Å². The van der Waals surface area contributed by atoms with E-state index in [1.165, 1.54) is 7.11 Å². The summed E-state index contributed by atoms with van der Waals surface area (Å²) in [5.74, 6) is -0.597. The van der Waals surface area contributed by atoms with Crippen LogP contribution in [0.2, 0.25) is 5.02 Å². The summed E-state index contributed by atoms with van der Waals surface area (Å²) in [5.41, 5.74) is 1.74. The molecule has 6 nitrogen and oxygen atoms in total. The molecule has 0 saturated heterocycles. The van der Waals surface area contributed by atoms with Crippen LogP contribution in [0.25, 0.3) is 0 Å². The number of benzene rings is 2. The molecule has 0 spiro atoms. The van der Waals surface area contributed by atoms with Crippen molar-refractivity contribution in [3.63, 3.8) is 0 Å². The molecular formula is C18H19ClN2O4. The zero-order valence-electron chi connectivity index (χ0n) is 14.2. The van der Waals surface area contributed by atoms with Crippen molar-refractivity contribution >= 4 is 34.9 Å². The third kappa shape index (κ3) is 5.12. The first kappa shape index (κ1) is 18.6. The normalized spacial score (nSPS) is 10.1. The van der Waals surface area contributed by atoms with Gasteiger partial charge in [0.25, 0.3) is 5.91 Å². The minimum absolute atomic E-state index is 0.374. The second-order valence-corrected chi connectivity index (χ2v) is 5.85. The molecule has 0 heterocycles. The summed E-state index contributed by atoms with van der Waals surface area (Å²) in [4.78, 5) is 25.9. The monoisotopic (exact) mass is 362 g/mol. The fourth-order valence-corrected chi connectivity index (χ4v) is 2.25. The van der Waals surface area contributed by atoms with E-state index in [1.54, 1.807) is 42.5 Å². The summed E-state index contributed by atoms with van der Waals surface area (Å²) in [6.45, 7) is -0.413. The number of methoxy groups -OCH3 is 1. The second kappa shape index (κ2) is 8.39. The van der Waals surface area contributed by atoms with Crippen LogP contribution in [0, 0.1) is 0 Å². The van der Waals surface area contributed by atoms with Gasteiger partial charge >= 0.3 is 5.97 Å². The molecule has 132 valence electrons. The third-order valence-electron chi connectivity index (χ3n) is 3.39. The van der Waals surface area contributed by atoms with E-state index in [0.717, 1.165) is 5.69 Å². The Balaban J connectivity index is 1.93. The predicted octanol–water partition coefficient (Wildman–Crippen LogP) is 3.21. The number of esters is 1. The van der Waals surface area contributed by atoms with Gasteiger partial charge in [-0.1, -0.05) is 11.6 Å². The highest BCUT2D eigenvalue weighted by molar-refractivity contribution is 6.31. The highest BCUT2D eigenvalue weighted by Gasteiger charge is 2.12. The van der Waals surface area contributed by atoms with E-state index >= 15 is 0 Å². The van der Waals surface area contributed by atoms with Crippen molar-refractivity contribution < 1.29 is 19.1 Å². The Bertz CT molecular complexity index is 760. The number of rotatable bonds is 6. The zero-order chi connectivity index (χ0) is 18.4. The summed E-state index contributed by atoms with van der Waals surface area (Å²) >= 11 is 5.90. The molecule has 0 aliphatic heterocycles. The number of carbonyl (C=O) groups excluding carboxylic acids is 2. The minimum atomic E-state index is -0.571. The van der Waals surface area contributed by atoms with Crippen molar-refractivity contribution in [2.45, 2.75) is 0 Å². The number of nitrogens with zero attached hydrogens (tertiary/aromatic N) is 1. The number of halogens is 1. The van der Waals surface area contributed by atoms with E-state index in [4.69, 9.17) is 21.1 Å². The summed E-state index contributed by atoms with van der Waals surface area (Å²) in [6, 6.07) is 11.7. The molecule has 1 amide bonds. The van der Waals surface area contributed by atoms with Gasteiger partial charge in [-0.2, -0.15) is 0 Å². The number of hydrogen-bond acceptors (Lipinski definition) is 5. The van der Waals surface area contributed by atoms with Crippen LogP contribution in [0.5, 0.6) is 5.75 Å². The Labute approximate surface area is 151 Å². The lowest BCUT2D eigenvalue weighted by Gasteiger charge is -2.13. The van der Waals surface area contributed by atoms with Crippen molar-refractivity contribution in [2.24, 2.45) is 0 Å². The molecule has 1 N–H and O–H groups in total. The van der Waals surface area contributed by atoms with Gasteiger partial charge in [0.2, 0.25) is 0 Å². The van der Waals surface area contributed by atoms with Crippen molar-refractivity contribution in [1.82, 2.24) is 0 Å². The van der Waals surface area contributed by atoms with Gasteiger partial charge in [0.05, 0.1) is 18.4 Å². The summed E-state index contributed by atoms with van der Waals surface area (Å²) in [7, 11) is 5.29. The second-order valence-electron chi connectivity index (χ2n) is 5.41. The maximum absolute atomic E-state index is 12.0. The van der Waals surface area contributed by atoms with Crippen LogP contribution in [0.15, 0.2) is 42.5 Å². The topological polar surface area (TPSA) is 67.9 Å². The molecule has 0 atom stereocenters. The van der Waals surface area contributed by atoms with Crippen LogP contribution in [-0.2, 0) is 9.53 Å². The summed E-state index contributed by atoms with van der Waals surface area (Å²) in [6.07, 6.45) is 0. The highest BCUT2D eigenvalue weighted by atomic mass is 35.5. The van der Waals surface area contributed by atoms with Gasteiger partial charge in [0, 0.05) is 24.8 Å². The number of nitrogens with one attached hydrogen (secondary N) is 1. The Morgan fingerprint density at radius 1 is 1.12 bits per heavy atom. The van der Waals surface area contributed by atoms with Gasteiger partial charge in [0.15, 0.2) is 6.61 Å². The van der Waals surface area contributed by atoms with Crippen molar-refractivity contribution in [2.75, 3.05) is 38.0 Å². The zero-order valence-corrected chi connectivity index (χ0v) is 15.0. The molecule has 0 aromatic heterocycles. The van der Waals surface area contributed by atoms with E-state index in [1.807, 2.05) is 19.0 Å². The van der Waals surface area contributed by atoms with Gasteiger partial charge in [-0.15, -0.1) is 0 Å². The van der Waals surface area contributed by atoms with E-state index in [-0.39, 0.29) is 0 Å². The fourth-order valence-electron chi connectivity index (χ4n) is 2.07. The molecule has 0 bridgehead atoms. The van der Waals surface area contributed by atoms with Crippen LogP contribution in [0.1, 0.15) is 10.4 Å². The molecule has 0 aliphatic rings. The van der Waals surface area contributed by atoms with Gasteiger partial charge in [-0.25, -0.2) is 4.79 Å². The highest BCUT2D eigenvalue weighted by Crippen LogP contribution is 2.27. The van der Waals surface area contributed by atoms with E-state index in [9.17, 15) is 9.59 Å². The fraction of sp³-hybridized carbons (Fsp3) is 0.222. The quantitative estimate of drug-likeness (QED) is 0.799. The molecule has 2 aromatic rings. The van der Waals surface area contributed by atoms with Gasteiger partial charge in [-0.05, 0) is 42.5 Å². The first-order valence-electron chi connectivity index (χ1n) is 7.48. The Morgan fingerprint density at radius 3 is 2.40 bits per heavy atom. The molecule has 0 radical (unpaired) electrons. The predicted molar refractivity (Wildman–Crippen MR) is 97.7 cm³/mol. The summed E-state index contributed by atoms with van der Waals surface area (Å²) < 4.78 is 10.2. The maximum Gasteiger partial charge on any atom is 0.338 e. The maximum atomic E-state index is 12.0. The number of ether oxygens (including phenoxy) is 2. The molecule has 0 saturated carbocycles. The summed E-state index contributed by atoms with van der Waals surface area (Å²) in [5, 5.41) is 3.05. The van der Waals surface area contributed by atoms with Crippen LogP contribution < -0.4 is 15.0 Å². The Hall–Kier alpha value is -2.73. The average molecular weight is 363 g/mol.